The molecule has 0 amide bonds. The van der Waals surface area contributed by atoms with Gasteiger partial charge < -0.3 is 9.88 Å². The average molecular weight is 283 g/mol. The van der Waals surface area contributed by atoms with E-state index in [9.17, 15) is 13.2 Å². The maximum Gasteiger partial charge on any atom is 0.406 e. The van der Waals surface area contributed by atoms with Crippen molar-refractivity contribution in [3.8, 4) is 0 Å². The molecule has 3 nitrogen and oxygen atoms in total. The molecule has 1 aromatic heterocycles. The van der Waals surface area contributed by atoms with E-state index < -0.39 is 12.7 Å². The fourth-order valence-electron chi connectivity index (χ4n) is 2.79. The number of fused-ring (bicyclic) bond motifs is 1. The molecule has 3 rings (SSSR count). The van der Waals surface area contributed by atoms with Gasteiger partial charge in [-0.1, -0.05) is 12.1 Å². The number of aromatic nitrogens is 2. The number of alkyl halides is 3. The van der Waals surface area contributed by atoms with Crippen molar-refractivity contribution in [3.63, 3.8) is 0 Å². The maximum atomic E-state index is 12.8. The lowest BCUT2D eigenvalue weighted by molar-refractivity contribution is -0.140. The van der Waals surface area contributed by atoms with Crippen LogP contribution in [0.2, 0.25) is 0 Å². The molecular formula is C14H16F3N3. The summed E-state index contributed by atoms with van der Waals surface area (Å²) in [4.78, 5) is 4.38. The van der Waals surface area contributed by atoms with Crippen molar-refractivity contribution in [2.45, 2.75) is 38.0 Å². The smallest absolute Gasteiger partial charge is 0.319 e. The zero-order valence-electron chi connectivity index (χ0n) is 11.0. The van der Waals surface area contributed by atoms with Gasteiger partial charge in [-0.05, 0) is 31.5 Å². The molecule has 1 fully saturated rings. The number of hydrogen-bond acceptors (Lipinski definition) is 2. The number of nitrogens with one attached hydrogen (secondary N) is 1. The Morgan fingerprint density at radius 3 is 2.80 bits per heavy atom. The largest absolute Gasteiger partial charge is 0.406 e. The van der Waals surface area contributed by atoms with Crippen molar-refractivity contribution in [3.05, 3.63) is 30.1 Å². The fraction of sp³-hybridized carbons (Fsp3) is 0.500. The summed E-state index contributed by atoms with van der Waals surface area (Å²) in [5, 5.41) is 3.30. The van der Waals surface area contributed by atoms with Crippen LogP contribution < -0.4 is 5.32 Å². The van der Waals surface area contributed by atoms with Gasteiger partial charge in [-0.2, -0.15) is 13.2 Å². The van der Waals surface area contributed by atoms with Gasteiger partial charge in [0.25, 0.3) is 0 Å². The molecule has 0 spiro atoms. The summed E-state index contributed by atoms with van der Waals surface area (Å²) in [7, 11) is 0. The van der Waals surface area contributed by atoms with Gasteiger partial charge in [-0.3, -0.25) is 0 Å². The number of para-hydroxylation sites is 2. The molecule has 1 aliphatic rings. The van der Waals surface area contributed by atoms with Crippen LogP contribution in [0.5, 0.6) is 0 Å². The highest BCUT2D eigenvalue weighted by Gasteiger charge is 2.30. The molecule has 20 heavy (non-hydrogen) atoms. The van der Waals surface area contributed by atoms with Gasteiger partial charge in [0.05, 0.1) is 11.0 Å². The van der Waals surface area contributed by atoms with E-state index in [1.165, 1.54) is 4.57 Å². The Hall–Kier alpha value is -1.56. The first-order valence-electron chi connectivity index (χ1n) is 6.77. The van der Waals surface area contributed by atoms with Crippen molar-refractivity contribution < 1.29 is 13.2 Å². The fourth-order valence-corrected chi connectivity index (χ4v) is 2.79. The van der Waals surface area contributed by atoms with E-state index in [1.54, 1.807) is 24.3 Å². The molecule has 2 heterocycles. The van der Waals surface area contributed by atoms with E-state index in [1.807, 2.05) is 0 Å². The third-order valence-corrected chi connectivity index (χ3v) is 3.66. The molecule has 0 radical (unpaired) electrons. The Labute approximate surface area is 114 Å². The Balaban J connectivity index is 1.98. The average Bonchev–Trinajstić information content (AvgIpc) is 2.98. The Bertz CT molecular complexity index is 597. The predicted molar refractivity (Wildman–Crippen MR) is 70.5 cm³/mol. The van der Waals surface area contributed by atoms with E-state index in [2.05, 4.69) is 10.3 Å². The van der Waals surface area contributed by atoms with E-state index in [0.717, 1.165) is 19.4 Å². The lowest BCUT2D eigenvalue weighted by Crippen LogP contribution is -2.27. The maximum absolute atomic E-state index is 12.8. The highest BCUT2D eigenvalue weighted by atomic mass is 19.4. The standard InChI is InChI=1S/C14H16F3N3/c15-14(16,17)9-20-12-6-2-1-5-11(12)19-13(20)8-10-4-3-7-18-10/h1-2,5-6,10,18H,3-4,7-9H2. The lowest BCUT2D eigenvalue weighted by atomic mass is 10.1. The van der Waals surface area contributed by atoms with Gasteiger partial charge in [-0.15, -0.1) is 0 Å². The van der Waals surface area contributed by atoms with Crippen molar-refractivity contribution in [2.75, 3.05) is 6.54 Å². The SMILES string of the molecule is FC(F)(F)Cn1c(CC2CCCN2)nc2ccccc21. The molecule has 1 aromatic carbocycles. The molecule has 1 saturated heterocycles. The zero-order chi connectivity index (χ0) is 14.2. The predicted octanol–water partition coefficient (Wildman–Crippen LogP) is 2.89. The summed E-state index contributed by atoms with van der Waals surface area (Å²) in [5.74, 6) is 0.517. The summed E-state index contributed by atoms with van der Waals surface area (Å²) < 4.78 is 39.6. The number of benzene rings is 1. The van der Waals surface area contributed by atoms with Crippen molar-refractivity contribution in [1.82, 2.24) is 14.9 Å². The van der Waals surface area contributed by atoms with Crippen LogP contribution in [-0.4, -0.2) is 28.3 Å². The first kappa shape index (κ1) is 13.4. The quantitative estimate of drug-likeness (QED) is 0.938. The third-order valence-electron chi connectivity index (χ3n) is 3.66. The van der Waals surface area contributed by atoms with Crippen molar-refractivity contribution in [1.29, 1.82) is 0 Å². The first-order chi connectivity index (χ1) is 9.53. The second-order valence-electron chi connectivity index (χ2n) is 5.22. The third kappa shape index (κ3) is 2.80. The molecule has 0 aliphatic carbocycles. The van der Waals surface area contributed by atoms with Crippen LogP contribution in [0, 0.1) is 0 Å². The van der Waals surface area contributed by atoms with Gasteiger partial charge in [-0.25, -0.2) is 4.98 Å². The van der Waals surface area contributed by atoms with Crippen molar-refractivity contribution in [2.24, 2.45) is 0 Å². The van der Waals surface area contributed by atoms with Gasteiger partial charge in [0.1, 0.15) is 12.4 Å². The van der Waals surface area contributed by atoms with Gasteiger partial charge in [0.15, 0.2) is 0 Å². The van der Waals surface area contributed by atoms with Crippen LogP contribution in [0.3, 0.4) is 0 Å². The first-order valence-corrected chi connectivity index (χ1v) is 6.77. The second-order valence-corrected chi connectivity index (χ2v) is 5.22. The molecule has 2 aromatic rings. The van der Waals surface area contributed by atoms with E-state index in [0.29, 0.717) is 23.3 Å². The van der Waals surface area contributed by atoms with Gasteiger partial charge in [0, 0.05) is 12.5 Å². The summed E-state index contributed by atoms with van der Waals surface area (Å²) in [6.07, 6.45) is -1.62. The summed E-state index contributed by atoms with van der Waals surface area (Å²) in [6.45, 7) is -0.0419. The summed E-state index contributed by atoms with van der Waals surface area (Å²) in [6, 6.07) is 7.23. The molecule has 108 valence electrons. The topological polar surface area (TPSA) is 29.9 Å². The van der Waals surface area contributed by atoms with Crippen LogP contribution >= 0.6 is 0 Å². The monoisotopic (exact) mass is 283 g/mol. The Morgan fingerprint density at radius 1 is 1.30 bits per heavy atom. The minimum atomic E-state index is -4.23. The molecule has 6 heteroatoms. The van der Waals surface area contributed by atoms with Crippen LogP contribution in [0.4, 0.5) is 13.2 Å². The summed E-state index contributed by atoms with van der Waals surface area (Å²) >= 11 is 0. The van der Waals surface area contributed by atoms with Crippen LogP contribution in [-0.2, 0) is 13.0 Å². The number of nitrogens with zero attached hydrogens (tertiary/aromatic N) is 2. The Kier molecular flexibility index (Phi) is 3.41. The van der Waals surface area contributed by atoms with E-state index in [-0.39, 0.29) is 6.04 Å². The number of rotatable bonds is 3. The van der Waals surface area contributed by atoms with E-state index >= 15 is 0 Å². The summed E-state index contributed by atoms with van der Waals surface area (Å²) in [5.41, 5.74) is 1.18. The normalized spacial score (nSPS) is 19.9. The lowest BCUT2D eigenvalue weighted by Gasteiger charge is -2.14. The van der Waals surface area contributed by atoms with Gasteiger partial charge in [0.2, 0.25) is 0 Å². The molecule has 0 saturated carbocycles. The zero-order valence-corrected chi connectivity index (χ0v) is 11.0. The van der Waals surface area contributed by atoms with Crippen LogP contribution in [0.1, 0.15) is 18.7 Å². The number of hydrogen-bond donors (Lipinski definition) is 1. The van der Waals surface area contributed by atoms with Crippen LogP contribution in [0.15, 0.2) is 24.3 Å². The molecule has 0 bridgehead atoms. The van der Waals surface area contributed by atoms with E-state index in [4.69, 9.17) is 0 Å². The molecule has 1 atom stereocenters. The number of imidazole rings is 1. The highest BCUT2D eigenvalue weighted by molar-refractivity contribution is 5.75. The molecule has 1 unspecified atom stereocenters. The second kappa shape index (κ2) is 5.09. The Morgan fingerprint density at radius 2 is 2.10 bits per heavy atom. The molecular weight excluding hydrogens is 267 g/mol. The van der Waals surface area contributed by atoms with Crippen molar-refractivity contribution >= 4 is 11.0 Å². The minimum absolute atomic E-state index is 0.235. The van der Waals surface area contributed by atoms with Gasteiger partial charge >= 0.3 is 6.18 Å². The highest BCUT2D eigenvalue weighted by Crippen LogP contribution is 2.25. The van der Waals surface area contributed by atoms with Crippen LogP contribution in [0.25, 0.3) is 11.0 Å². The minimum Gasteiger partial charge on any atom is -0.319 e. The molecule has 1 N–H and O–H groups in total. The number of halogens is 3. The molecule has 1 aliphatic heterocycles.